The zero-order chi connectivity index (χ0) is 20.3. The van der Waals surface area contributed by atoms with E-state index < -0.39 is 6.04 Å². The summed E-state index contributed by atoms with van der Waals surface area (Å²) in [5.41, 5.74) is -0.118. The zero-order valence-corrected chi connectivity index (χ0v) is 17.1. The van der Waals surface area contributed by atoms with Gasteiger partial charge in [0.25, 0.3) is 5.56 Å². The van der Waals surface area contributed by atoms with Crippen LogP contribution >= 0.6 is 0 Å². The Labute approximate surface area is 165 Å². The largest absolute Gasteiger partial charge is 0.332 e. The van der Waals surface area contributed by atoms with E-state index >= 15 is 0 Å². The van der Waals surface area contributed by atoms with Crippen molar-refractivity contribution >= 4 is 16.8 Å². The molecule has 0 radical (unpaired) electrons. The second-order valence-electron chi connectivity index (χ2n) is 7.48. The van der Waals surface area contributed by atoms with Crippen LogP contribution in [-0.4, -0.2) is 52.7 Å². The van der Waals surface area contributed by atoms with Crippen molar-refractivity contribution in [2.24, 2.45) is 0 Å². The van der Waals surface area contributed by atoms with Gasteiger partial charge in [0.2, 0.25) is 5.91 Å². The summed E-state index contributed by atoms with van der Waals surface area (Å²) in [5.74, 6) is -0.0217. The fraction of sp³-hybridized carbons (Fsp3) is 0.571. The number of hydrogen-bond acceptors (Lipinski definition) is 3. The van der Waals surface area contributed by atoms with E-state index in [0.717, 1.165) is 19.6 Å². The molecular weight excluding hydrogens is 356 g/mol. The van der Waals surface area contributed by atoms with Crippen LogP contribution in [0.3, 0.4) is 0 Å². The summed E-state index contributed by atoms with van der Waals surface area (Å²) in [6.07, 6.45) is 1.19. The van der Waals surface area contributed by atoms with Crippen LogP contribution in [0.25, 0.3) is 10.9 Å². The Morgan fingerprint density at radius 1 is 1.11 bits per heavy atom. The summed E-state index contributed by atoms with van der Waals surface area (Å²) >= 11 is 0. The van der Waals surface area contributed by atoms with Crippen LogP contribution in [0.4, 0.5) is 0 Å². The van der Waals surface area contributed by atoms with Gasteiger partial charge >= 0.3 is 5.69 Å². The zero-order valence-electron chi connectivity index (χ0n) is 17.1. The van der Waals surface area contributed by atoms with Crippen LogP contribution in [0.15, 0.2) is 33.9 Å². The average Bonchev–Trinajstić information content (AvgIpc) is 2.73. The first-order valence-electron chi connectivity index (χ1n) is 10.4. The number of para-hydroxylation sites is 1. The second kappa shape index (κ2) is 8.73. The molecule has 1 aromatic heterocycles. The van der Waals surface area contributed by atoms with Crippen molar-refractivity contribution in [2.75, 3.05) is 32.7 Å². The van der Waals surface area contributed by atoms with Gasteiger partial charge in [0.05, 0.1) is 43.6 Å². The molecule has 0 saturated carbocycles. The standard InChI is InChI=1S/C21H30N4O3/c1-4-11-24-19(26)16-9-7-8-10-18(16)25(21(24)28)17(5-2)20(27)23-14-12-22(6-3)13-15-23/h7-10,17H,4-6,11-15H2,1-3H3/p+1/t17-/m0/s1. The molecule has 28 heavy (non-hydrogen) atoms. The van der Waals surface area contributed by atoms with Gasteiger partial charge in [0.1, 0.15) is 6.04 Å². The van der Waals surface area contributed by atoms with Crippen molar-refractivity contribution in [1.82, 2.24) is 14.0 Å². The molecule has 0 unspecified atom stereocenters. The molecule has 1 amide bonds. The number of hydrogen-bond donors (Lipinski definition) is 1. The minimum atomic E-state index is -0.593. The molecule has 2 aromatic rings. The SMILES string of the molecule is CCCn1c(=O)c2ccccc2n([C@@H](CC)C(=O)N2CC[NH+](CC)CC2)c1=O. The van der Waals surface area contributed by atoms with Crippen molar-refractivity contribution < 1.29 is 9.69 Å². The van der Waals surface area contributed by atoms with Gasteiger partial charge in [-0.15, -0.1) is 0 Å². The van der Waals surface area contributed by atoms with Gasteiger partial charge in [-0.1, -0.05) is 26.0 Å². The molecule has 1 N–H and O–H groups in total. The summed E-state index contributed by atoms with van der Waals surface area (Å²) < 4.78 is 2.82. The van der Waals surface area contributed by atoms with Crippen LogP contribution < -0.4 is 16.1 Å². The van der Waals surface area contributed by atoms with Gasteiger partial charge in [0.15, 0.2) is 0 Å². The maximum atomic E-state index is 13.3. The number of aromatic nitrogens is 2. The van der Waals surface area contributed by atoms with Gasteiger partial charge in [-0.25, -0.2) is 4.79 Å². The summed E-state index contributed by atoms with van der Waals surface area (Å²) in [6, 6.07) is 6.51. The minimum absolute atomic E-state index is 0.0217. The Kier molecular flexibility index (Phi) is 6.34. The molecule has 7 heteroatoms. The molecule has 1 atom stereocenters. The lowest BCUT2D eigenvalue weighted by molar-refractivity contribution is -0.902. The quantitative estimate of drug-likeness (QED) is 0.774. The number of nitrogens with one attached hydrogen (secondary N) is 1. The first-order chi connectivity index (χ1) is 13.5. The lowest BCUT2D eigenvalue weighted by atomic mass is 10.1. The van der Waals surface area contributed by atoms with Gasteiger partial charge in [-0.2, -0.15) is 0 Å². The summed E-state index contributed by atoms with van der Waals surface area (Å²) in [4.78, 5) is 42.7. The van der Waals surface area contributed by atoms with E-state index in [0.29, 0.717) is 43.4 Å². The number of carbonyl (C=O) groups excluding carboxylic acids is 1. The summed E-state index contributed by atoms with van der Waals surface area (Å²) in [6.45, 7) is 10.7. The normalized spacial score (nSPS) is 16.5. The summed E-state index contributed by atoms with van der Waals surface area (Å²) in [7, 11) is 0. The van der Waals surface area contributed by atoms with Gasteiger partial charge in [-0.3, -0.25) is 18.7 Å². The van der Waals surface area contributed by atoms with Crippen LogP contribution in [-0.2, 0) is 11.3 Å². The maximum Gasteiger partial charge on any atom is 0.332 e. The molecule has 1 fully saturated rings. The van der Waals surface area contributed by atoms with Crippen molar-refractivity contribution in [3.05, 3.63) is 45.1 Å². The Hall–Kier alpha value is -2.41. The number of likely N-dealkylation sites (N-methyl/N-ethyl adjacent to an activating group) is 1. The Morgan fingerprint density at radius 3 is 2.39 bits per heavy atom. The smallest absolute Gasteiger partial charge is 0.332 e. The third-order valence-corrected chi connectivity index (χ3v) is 5.79. The monoisotopic (exact) mass is 387 g/mol. The highest BCUT2D eigenvalue weighted by Gasteiger charge is 2.31. The highest BCUT2D eigenvalue weighted by Crippen LogP contribution is 2.19. The van der Waals surface area contributed by atoms with Crippen LogP contribution in [0.5, 0.6) is 0 Å². The van der Waals surface area contributed by atoms with Gasteiger partial charge in [-0.05, 0) is 31.9 Å². The van der Waals surface area contributed by atoms with Crippen molar-refractivity contribution in [3.8, 4) is 0 Å². The van der Waals surface area contributed by atoms with Gasteiger partial charge in [0, 0.05) is 6.54 Å². The first-order valence-corrected chi connectivity index (χ1v) is 10.4. The molecule has 152 valence electrons. The van der Waals surface area contributed by atoms with Crippen LogP contribution in [0, 0.1) is 0 Å². The molecule has 0 bridgehead atoms. The number of rotatable bonds is 6. The van der Waals surface area contributed by atoms with E-state index in [1.54, 1.807) is 22.8 Å². The fourth-order valence-corrected chi connectivity index (χ4v) is 4.13. The predicted molar refractivity (Wildman–Crippen MR) is 110 cm³/mol. The number of carbonyl (C=O) groups is 1. The lowest BCUT2D eigenvalue weighted by Crippen LogP contribution is -3.14. The van der Waals surface area contributed by atoms with Gasteiger partial charge < -0.3 is 9.80 Å². The molecule has 2 heterocycles. The molecule has 1 aromatic carbocycles. The Bertz CT molecular complexity index is 954. The topological polar surface area (TPSA) is 68.8 Å². The molecule has 7 nitrogen and oxygen atoms in total. The molecule has 1 saturated heterocycles. The van der Waals surface area contributed by atoms with E-state index in [1.807, 2.05) is 24.8 Å². The number of fused-ring (bicyclic) bond motifs is 1. The molecule has 0 aliphatic carbocycles. The first kappa shape index (κ1) is 20.3. The average molecular weight is 388 g/mol. The predicted octanol–water partition coefficient (Wildman–Crippen LogP) is 0.271. The van der Waals surface area contributed by atoms with E-state index in [9.17, 15) is 14.4 Å². The molecule has 1 aliphatic heterocycles. The maximum absolute atomic E-state index is 13.3. The highest BCUT2D eigenvalue weighted by molar-refractivity contribution is 5.84. The Balaban J connectivity index is 2.08. The molecule has 0 spiro atoms. The fourth-order valence-electron chi connectivity index (χ4n) is 4.13. The minimum Gasteiger partial charge on any atom is -0.332 e. The second-order valence-corrected chi connectivity index (χ2v) is 7.48. The highest BCUT2D eigenvalue weighted by atomic mass is 16.2. The lowest BCUT2D eigenvalue weighted by Gasteiger charge is -2.34. The van der Waals surface area contributed by atoms with Crippen molar-refractivity contribution in [3.63, 3.8) is 0 Å². The van der Waals surface area contributed by atoms with E-state index in [-0.39, 0.29) is 17.2 Å². The van der Waals surface area contributed by atoms with E-state index in [4.69, 9.17) is 0 Å². The molecule has 3 rings (SSSR count). The number of benzene rings is 1. The number of quaternary nitrogens is 1. The number of nitrogens with zero attached hydrogens (tertiary/aromatic N) is 3. The van der Waals surface area contributed by atoms with Crippen LogP contribution in [0.2, 0.25) is 0 Å². The summed E-state index contributed by atoms with van der Waals surface area (Å²) in [5, 5.41) is 0.488. The van der Waals surface area contributed by atoms with E-state index in [1.165, 1.54) is 9.47 Å². The van der Waals surface area contributed by atoms with Crippen molar-refractivity contribution in [2.45, 2.75) is 46.2 Å². The van der Waals surface area contributed by atoms with Crippen LogP contribution in [0.1, 0.15) is 39.7 Å². The van der Waals surface area contributed by atoms with E-state index in [2.05, 4.69) is 6.92 Å². The third kappa shape index (κ3) is 3.63. The molecular formula is C21H31N4O3+. The third-order valence-electron chi connectivity index (χ3n) is 5.79. The van der Waals surface area contributed by atoms with Crippen molar-refractivity contribution in [1.29, 1.82) is 0 Å². The Morgan fingerprint density at radius 2 is 1.79 bits per heavy atom. The number of amides is 1. The molecule has 1 aliphatic rings. The number of piperazine rings is 1.